The number of sulfonamides is 1. The Kier molecular flexibility index (Phi) is 6.83. The summed E-state index contributed by atoms with van der Waals surface area (Å²) in [6, 6.07) is 7.80. The van der Waals surface area contributed by atoms with E-state index >= 15 is 0 Å². The van der Waals surface area contributed by atoms with Gasteiger partial charge >= 0.3 is 0 Å². The van der Waals surface area contributed by atoms with E-state index < -0.39 is 10.0 Å². The molecule has 1 atom stereocenters. The first-order valence-corrected chi connectivity index (χ1v) is 9.64. The van der Waals surface area contributed by atoms with Gasteiger partial charge in [0, 0.05) is 25.7 Å². The number of hydrogen-bond acceptors (Lipinski definition) is 5. The number of hydrogen-bond donors (Lipinski definition) is 1. The van der Waals surface area contributed by atoms with Gasteiger partial charge in [-0.1, -0.05) is 19.1 Å². The number of methoxy groups -OCH3 is 1. The Morgan fingerprint density at radius 2 is 1.91 bits per heavy atom. The maximum atomic E-state index is 12.0. The van der Waals surface area contributed by atoms with Gasteiger partial charge in [0.25, 0.3) is 0 Å². The van der Waals surface area contributed by atoms with E-state index in [4.69, 9.17) is 9.47 Å². The number of morpholine rings is 1. The molecule has 1 N–H and O–H groups in total. The maximum absolute atomic E-state index is 12.0. The third-order valence-corrected chi connectivity index (χ3v) is 5.51. The quantitative estimate of drug-likeness (QED) is 0.773. The number of nitrogens with one attached hydrogen (secondary N) is 1. The SMILES string of the molecule is CCCS(=O)(=O)NCC(c1ccc(OC)cc1)N1CCOCC1. The van der Waals surface area contributed by atoms with Crippen LogP contribution >= 0.6 is 0 Å². The van der Waals surface area contributed by atoms with Crippen LogP contribution in [0, 0.1) is 0 Å². The van der Waals surface area contributed by atoms with Crippen molar-refractivity contribution < 1.29 is 17.9 Å². The highest BCUT2D eigenvalue weighted by Gasteiger charge is 2.24. The Morgan fingerprint density at radius 3 is 2.48 bits per heavy atom. The highest BCUT2D eigenvalue weighted by atomic mass is 32.2. The van der Waals surface area contributed by atoms with Gasteiger partial charge in [-0.25, -0.2) is 13.1 Å². The van der Waals surface area contributed by atoms with Gasteiger partial charge < -0.3 is 9.47 Å². The van der Waals surface area contributed by atoms with Crippen LogP contribution in [0.3, 0.4) is 0 Å². The van der Waals surface area contributed by atoms with Crippen molar-refractivity contribution in [2.24, 2.45) is 0 Å². The fraction of sp³-hybridized carbons (Fsp3) is 0.625. The molecule has 1 aliphatic rings. The Labute approximate surface area is 138 Å². The zero-order valence-corrected chi connectivity index (χ0v) is 14.6. The molecule has 0 saturated carbocycles. The van der Waals surface area contributed by atoms with Crippen LogP contribution in [0.2, 0.25) is 0 Å². The molecule has 23 heavy (non-hydrogen) atoms. The summed E-state index contributed by atoms with van der Waals surface area (Å²) in [5.74, 6) is 0.951. The van der Waals surface area contributed by atoms with Crippen molar-refractivity contribution in [3.63, 3.8) is 0 Å². The molecule has 0 radical (unpaired) electrons. The van der Waals surface area contributed by atoms with Gasteiger partial charge in [-0.2, -0.15) is 0 Å². The van der Waals surface area contributed by atoms with E-state index in [1.807, 2.05) is 31.2 Å². The van der Waals surface area contributed by atoms with Crippen molar-refractivity contribution in [1.29, 1.82) is 0 Å². The van der Waals surface area contributed by atoms with E-state index in [1.165, 1.54) is 0 Å². The zero-order chi connectivity index (χ0) is 16.7. The summed E-state index contributed by atoms with van der Waals surface area (Å²) >= 11 is 0. The molecule has 7 heteroatoms. The Hall–Kier alpha value is -1.15. The number of rotatable bonds is 8. The summed E-state index contributed by atoms with van der Waals surface area (Å²) in [6.07, 6.45) is 0.611. The van der Waals surface area contributed by atoms with Crippen LogP contribution in [0.25, 0.3) is 0 Å². The lowest BCUT2D eigenvalue weighted by Crippen LogP contribution is -2.44. The Bertz CT molecular complexity index is 568. The third-order valence-electron chi connectivity index (χ3n) is 3.96. The van der Waals surface area contributed by atoms with E-state index in [0.29, 0.717) is 26.2 Å². The molecule has 0 aliphatic carbocycles. The summed E-state index contributed by atoms with van der Waals surface area (Å²) < 4.78 is 37.3. The summed E-state index contributed by atoms with van der Waals surface area (Å²) in [5, 5.41) is 0. The molecular weight excluding hydrogens is 316 g/mol. The van der Waals surface area contributed by atoms with Crippen molar-refractivity contribution in [1.82, 2.24) is 9.62 Å². The fourth-order valence-corrected chi connectivity index (χ4v) is 3.81. The molecule has 1 aromatic carbocycles. The number of nitrogens with zero attached hydrogens (tertiary/aromatic N) is 1. The predicted octanol–water partition coefficient (Wildman–Crippen LogP) is 1.40. The van der Waals surface area contributed by atoms with E-state index in [-0.39, 0.29) is 11.8 Å². The molecule has 130 valence electrons. The zero-order valence-electron chi connectivity index (χ0n) is 13.8. The third kappa shape index (κ3) is 5.46. The van der Waals surface area contributed by atoms with Crippen LogP contribution in [-0.2, 0) is 14.8 Å². The van der Waals surface area contributed by atoms with Gasteiger partial charge in [0.2, 0.25) is 10.0 Å². The normalized spacial score (nSPS) is 17.8. The average molecular weight is 342 g/mol. The molecule has 1 heterocycles. The van der Waals surface area contributed by atoms with Crippen LogP contribution in [0.15, 0.2) is 24.3 Å². The fourth-order valence-electron chi connectivity index (χ4n) is 2.72. The molecule has 1 fully saturated rings. The van der Waals surface area contributed by atoms with Crippen molar-refractivity contribution >= 4 is 10.0 Å². The highest BCUT2D eigenvalue weighted by Crippen LogP contribution is 2.23. The van der Waals surface area contributed by atoms with Gasteiger partial charge in [-0.15, -0.1) is 0 Å². The lowest BCUT2D eigenvalue weighted by Gasteiger charge is -2.35. The van der Waals surface area contributed by atoms with Crippen LogP contribution in [0.5, 0.6) is 5.75 Å². The van der Waals surface area contributed by atoms with E-state index in [0.717, 1.165) is 24.4 Å². The van der Waals surface area contributed by atoms with Crippen molar-refractivity contribution in [3.8, 4) is 5.75 Å². The lowest BCUT2D eigenvalue weighted by atomic mass is 10.0. The van der Waals surface area contributed by atoms with Gasteiger partial charge in [-0.3, -0.25) is 4.90 Å². The highest BCUT2D eigenvalue weighted by molar-refractivity contribution is 7.89. The first-order valence-electron chi connectivity index (χ1n) is 7.99. The van der Waals surface area contributed by atoms with Crippen LogP contribution < -0.4 is 9.46 Å². The van der Waals surface area contributed by atoms with Crippen molar-refractivity contribution in [3.05, 3.63) is 29.8 Å². The average Bonchev–Trinajstić information content (AvgIpc) is 2.56. The topological polar surface area (TPSA) is 67.9 Å². The first kappa shape index (κ1) is 18.2. The van der Waals surface area contributed by atoms with Crippen molar-refractivity contribution in [2.45, 2.75) is 19.4 Å². The number of benzene rings is 1. The van der Waals surface area contributed by atoms with Crippen molar-refractivity contribution in [2.75, 3.05) is 45.7 Å². The summed E-state index contributed by atoms with van der Waals surface area (Å²) in [6.45, 7) is 5.18. The second-order valence-corrected chi connectivity index (χ2v) is 7.53. The van der Waals surface area contributed by atoms with Gasteiger partial charge in [0.15, 0.2) is 0 Å². The summed E-state index contributed by atoms with van der Waals surface area (Å²) in [4.78, 5) is 2.26. The van der Waals surface area contributed by atoms with Gasteiger partial charge in [0.05, 0.1) is 26.1 Å². The monoisotopic (exact) mass is 342 g/mol. The van der Waals surface area contributed by atoms with E-state index in [9.17, 15) is 8.42 Å². The predicted molar refractivity (Wildman–Crippen MR) is 90.2 cm³/mol. The Balaban J connectivity index is 2.13. The molecule has 1 aliphatic heterocycles. The smallest absolute Gasteiger partial charge is 0.211 e. The molecule has 0 amide bonds. The van der Waals surface area contributed by atoms with Gasteiger partial charge in [-0.05, 0) is 24.1 Å². The summed E-state index contributed by atoms with van der Waals surface area (Å²) in [5.41, 5.74) is 1.08. The molecule has 0 spiro atoms. The largest absolute Gasteiger partial charge is 0.497 e. The molecule has 0 aromatic heterocycles. The maximum Gasteiger partial charge on any atom is 0.211 e. The molecule has 2 rings (SSSR count). The first-order chi connectivity index (χ1) is 11.1. The minimum atomic E-state index is -3.22. The second-order valence-electron chi connectivity index (χ2n) is 5.60. The van der Waals surface area contributed by atoms with Crippen LogP contribution in [0.1, 0.15) is 24.9 Å². The minimum absolute atomic E-state index is 0.00330. The van der Waals surface area contributed by atoms with E-state index in [1.54, 1.807) is 7.11 Å². The molecule has 1 aromatic rings. The molecule has 6 nitrogen and oxygen atoms in total. The van der Waals surface area contributed by atoms with E-state index in [2.05, 4.69) is 9.62 Å². The summed E-state index contributed by atoms with van der Waals surface area (Å²) in [7, 11) is -1.59. The lowest BCUT2D eigenvalue weighted by molar-refractivity contribution is 0.0172. The van der Waals surface area contributed by atoms with Crippen LogP contribution in [0.4, 0.5) is 0 Å². The molecule has 1 saturated heterocycles. The standard InChI is InChI=1S/C16H26N2O4S/c1-3-12-23(19,20)17-13-16(18-8-10-22-11-9-18)14-4-6-15(21-2)7-5-14/h4-7,16-17H,3,8-13H2,1-2H3. The molecule has 1 unspecified atom stereocenters. The molecular formula is C16H26N2O4S. The van der Waals surface area contributed by atoms with Gasteiger partial charge in [0.1, 0.15) is 5.75 Å². The Morgan fingerprint density at radius 1 is 1.26 bits per heavy atom. The second kappa shape index (κ2) is 8.63. The molecule has 0 bridgehead atoms. The van der Waals surface area contributed by atoms with Crippen LogP contribution in [-0.4, -0.2) is 59.0 Å². The minimum Gasteiger partial charge on any atom is -0.497 e. The number of ether oxygens (including phenoxy) is 2.